The zero-order valence-electron chi connectivity index (χ0n) is 8.79. The van der Waals surface area contributed by atoms with Crippen LogP contribution in [-0.2, 0) is 6.42 Å². The van der Waals surface area contributed by atoms with E-state index in [1.165, 1.54) is 17.4 Å². The molecule has 17 heavy (non-hydrogen) atoms. The summed E-state index contributed by atoms with van der Waals surface area (Å²) in [6, 6.07) is 6.38. The van der Waals surface area contributed by atoms with Crippen molar-refractivity contribution in [2.24, 2.45) is 5.73 Å². The molecule has 0 amide bonds. The van der Waals surface area contributed by atoms with Gasteiger partial charge in [-0.3, -0.25) is 0 Å². The molecule has 0 radical (unpaired) electrons. The molecule has 0 aliphatic heterocycles. The lowest BCUT2D eigenvalue weighted by Gasteiger charge is -2.11. The molecule has 2 aromatic rings. The minimum Gasteiger partial charge on any atom is -0.323 e. The molecule has 5 heteroatoms. The average molecular weight is 335 g/mol. The van der Waals surface area contributed by atoms with Gasteiger partial charge in [-0.1, -0.05) is 27.5 Å². The number of nitrogens with two attached hydrogens (primary N) is 1. The van der Waals surface area contributed by atoms with E-state index in [2.05, 4.69) is 15.9 Å². The van der Waals surface area contributed by atoms with E-state index in [1.54, 1.807) is 18.2 Å². The fourth-order valence-corrected chi connectivity index (χ4v) is 3.21. The number of hydrogen-bond acceptors (Lipinski definition) is 2. The highest BCUT2D eigenvalue weighted by molar-refractivity contribution is 9.10. The molecule has 2 rings (SSSR count). The van der Waals surface area contributed by atoms with Crippen LogP contribution in [0.4, 0.5) is 4.39 Å². The molecule has 0 bridgehead atoms. The monoisotopic (exact) mass is 333 g/mol. The summed E-state index contributed by atoms with van der Waals surface area (Å²) in [5.74, 6) is -0.240. The predicted octanol–water partition coefficient (Wildman–Crippen LogP) is 4.55. The smallest absolute Gasteiger partial charge is 0.126 e. The first-order valence-electron chi connectivity index (χ1n) is 5.00. The Morgan fingerprint density at radius 3 is 2.82 bits per heavy atom. The van der Waals surface area contributed by atoms with Gasteiger partial charge in [0.2, 0.25) is 0 Å². The van der Waals surface area contributed by atoms with Crippen LogP contribution < -0.4 is 5.73 Å². The van der Waals surface area contributed by atoms with Gasteiger partial charge < -0.3 is 5.73 Å². The third kappa shape index (κ3) is 3.07. The van der Waals surface area contributed by atoms with Gasteiger partial charge in [0.05, 0.1) is 5.02 Å². The van der Waals surface area contributed by atoms with Crippen LogP contribution in [0.25, 0.3) is 0 Å². The van der Waals surface area contributed by atoms with Crippen molar-refractivity contribution in [1.82, 2.24) is 0 Å². The Morgan fingerprint density at radius 2 is 2.18 bits per heavy atom. The number of benzene rings is 1. The van der Waals surface area contributed by atoms with Crippen LogP contribution in [0.1, 0.15) is 16.5 Å². The standard InChI is InChI=1S/C12H10BrClFNS/c13-8-1-2-10(15)7(5-8)6-11(16)12-9(14)3-4-17-12/h1-5,11H,6,16H2. The number of halogens is 3. The molecule has 0 saturated heterocycles. The molecule has 1 aromatic heterocycles. The summed E-state index contributed by atoms with van der Waals surface area (Å²) in [5.41, 5.74) is 6.63. The lowest BCUT2D eigenvalue weighted by atomic mass is 10.0. The molecule has 1 aromatic carbocycles. The summed E-state index contributed by atoms with van der Waals surface area (Å²) in [7, 11) is 0. The maximum atomic E-state index is 13.6. The molecule has 1 unspecified atom stereocenters. The van der Waals surface area contributed by atoms with Crippen molar-refractivity contribution < 1.29 is 4.39 Å². The number of thiophene rings is 1. The van der Waals surface area contributed by atoms with Crippen LogP contribution in [-0.4, -0.2) is 0 Å². The maximum absolute atomic E-state index is 13.6. The molecule has 1 nitrogen and oxygen atoms in total. The second-order valence-electron chi connectivity index (χ2n) is 3.68. The molecule has 0 aliphatic rings. The number of hydrogen-bond donors (Lipinski definition) is 1. The third-order valence-electron chi connectivity index (χ3n) is 2.43. The molecule has 90 valence electrons. The van der Waals surface area contributed by atoms with E-state index in [0.29, 0.717) is 17.0 Å². The lowest BCUT2D eigenvalue weighted by Crippen LogP contribution is -2.13. The molecule has 1 heterocycles. The van der Waals surface area contributed by atoms with Gasteiger partial charge in [-0.15, -0.1) is 11.3 Å². The SMILES string of the molecule is NC(Cc1cc(Br)ccc1F)c1sccc1Cl. The Kier molecular flexibility index (Phi) is 4.20. The molecule has 2 N–H and O–H groups in total. The van der Waals surface area contributed by atoms with Crippen molar-refractivity contribution in [3.05, 3.63) is 55.4 Å². The largest absolute Gasteiger partial charge is 0.323 e. The van der Waals surface area contributed by atoms with E-state index in [4.69, 9.17) is 17.3 Å². The first-order valence-corrected chi connectivity index (χ1v) is 7.05. The van der Waals surface area contributed by atoms with Crippen molar-refractivity contribution in [3.63, 3.8) is 0 Å². The molecular formula is C12H10BrClFNS. The Morgan fingerprint density at radius 1 is 1.41 bits per heavy atom. The van der Waals surface area contributed by atoms with Gasteiger partial charge in [0.1, 0.15) is 5.82 Å². The third-order valence-corrected chi connectivity index (χ3v) is 4.41. The fraction of sp³-hybridized carbons (Fsp3) is 0.167. The molecular weight excluding hydrogens is 325 g/mol. The minimum absolute atomic E-state index is 0.240. The van der Waals surface area contributed by atoms with Gasteiger partial charge in [0.25, 0.3) is 0 Å². The van der Waals surface area contributed by atoms with Crippen LogP contribution in [0.3, 0.4) is 0 Å². The molecule has 0 aliphatic carbocycles. The summed E-state index contributed by atoms with van der Waals surface area (Å²) in [5, 5.41) is 2.53. The van der Waals surface area contributed by atoms with Gasteiger partial charge in [-0.25, -0.2) is 4.39 Å². The molecule has 0 fully saturated rings. The van der Waals surface area contributed by atoms with Gasteiger partial charge in [-0.05, 0) is 41.6 Å². The Bertz CT molecular complexity index is 529. The van der Waals surface area contributed by atoms with Crippen LogP contribution >= 0.6 is 38.9 Å². The van der Waals surface area contributed by atoms with Gasteiger partial charge in [-0.2, -0.15) is 0 Å². The Balaban J connectivity index is 2.21. The van der Waals surface area contributed by atoms with E-state index >= 15 is 0 Å². The van der Waals surface area contributed by atoms with E-state index in [1.807, 2.05) is 5.38 Å². The first-order chi connectivity index (χ1) is 8.08. The van der Waals surface area contributed by atoms with Crippen LogP contribution in [0.2, 0.25) is 5.02 Å². The number of rotatable bonds is 3. The van der Waals surface area contributed by atoms with Crippen LogP contribution in [0.5, 0.6) is 0 Å². The van der Waals surface area contributed by atoms with E-state index in [0.717, 1.165) is 9.35 Å². The topological polar surface area (TPSA) is 26.0 Å². The van der Waals surface area contributed by atoms with E-state index in [-0.39, 0.29) is 11.9 Å². The first kappa shape index (κ1) is 13.0. The highest BCUT2D eigenvalue weighted by atomic mass is 79.9. The highest BCUT2D eigenvalue weighted by Gasteiger charge is 2.14. The van der Waals surface area contributed by atoms with Crippen molar-refractivity contribution in [2.45, 2.75) is 12.5 Å². The van der Waals surface area contributed by atoms with Crippen molar-refractivity contribution in [3.8, 4) is 0 Å². The van der Waals surface area contributed by atoms with Crippen LogP contribution in [0.15, 0.2) is 34.1 Å². The second kappa shape index (κ2) is 5.48. The quantitative estimate of drug-likeness (QED) is 0.876. The molecule has 0 spiro atoms. The van der Waals surface area contributed by atoms with Gasteiger partial charge >= 0.3 is 0 Å². The Labute approximate surface area is 117 Å². The van der Waals surface area contributed by atoms with Crippen molar-refractivity contribution in [2.75, 3.05) is 0 Å². The maximum Gasteiger partial charge on any atom is 0.126 e. The second-order valence-corrected chi connectivity index (χ2v) is 5.95. The molecule has 0 saturated carbocycles. The summed E-state index contributed by atoms with van der Waals surface area (Å²) in [4.78, 5) is 0.894. The highest BCUT2D eigenvalue weighted by Crippen LogP contribution is 2.30. The summed E-state index contributed by atoms with van der Waals surface area (Å²) < 4.78 is 14.4. The minimum atomic E-state index is -0.272. The van der Waals surface area contributed by atoms with Gasteiger partial charge in [0, 0.05) is 15.4 Å². The summed E-state index contributed by atoms with van der Waals surface area (Å²) in [6.07, 6.45) is 0.436. The van der Waals surface area contributed by atoms with Crippen LogP contribution in [0, 0.1) is 5.82 Å². The van der Waals surface area contributed by atoms with E-state index in [9.17, 15) is 4.39 Å². The fourth-order valence-electron chi connectivity index (χ4n) is 1.60. The summed E-state index contributed by atoms with van der Waals surface area (Å²) >= 11 is 10.8. The zero-order chi connectivity index (χ0) is 12.4. The summed E-state index contributed by atoms with van der Waals surface area (Å²) in [6.45, 7) is 0. The zero-order valence-corrected chi connectivity index (χ0v) is 11.9. The Hall–Kier alpha value is -0.420. The van der Waals surface area contributed by atoms with Crippen molar-refractivity contribution >= 4 is 38.9 Å². The lowest BCUT2D eigenvalue weighted by molar-refractivity contribution is 0.594. The predicted molar refractivity (Wildman–Crippen MR) is 74.1 cm³/mol. The van der Waals surface area contributed by atoms with Crippen molar-refractivity contribution in [1.29, 1.82) is 0 Å². The average Bonchev–Trinajstić information content (AvgIpc) is 2.70. The van der Waals surface area contributed by atoms with Gasteiger partial charge in [0.15, 0.2) is 0 Å². The van der Waals surface area contributed by atoms with E-state index < -0.39 is 0 Å². The normalized spacial score (nSPS) is 12.7. The molecule has 1 atom stereocenters.